The average molecular weight is 762 g/mol. The molecule has 0 spiro atoms. The van der Waals surface area contributed by atoms with Gasteiger partial charge in [-0.3, -0.25) is 14.5 Å². The van der Waals surface area contributed by atoms with Gasteiger partial charge < -0.3 is 24.8 Å². The van der Waals surface area contributed by atoms with E-state index in [1.165, 1.54) is 35.2 Å². The predicted molar refractivity (Wildman–Crippen MR) is 186 cm³/mol. The maximum absolute atomic E-state index is 14.0. The van der Waals surface area contributed by atoms with Crippen LogP contribution in [0.2, 0.25) is 0 Å². The SMILES string of the molecule is C[C@@H]1CN([C@@H](C)CO)C(=O)c2cccc(NC(=O)Cc3cc(C(F)(F)F)cc(C(F)(F)F)c3)c2O[C@@H]1CN(C)Cc1ccc(Oc2ccccc2F)cc1. The van der Waals surface area contributed by atoms with Gasteiger partial charge >= 0.3 is 12.4 Å². The quantitative estimate of drug-likeness (QED) is 0.150. The highest BCUT2D eigenvalue weighted by Crippen LogP contribution is 2.38. The Morgan fingerprint density at radius 1 is 0.963 bits per heavy atom. The van der Waals surface area contributed by atoms with Crippen LogP contribution >= 0.6 is 0 Å². The van der Waals surface area contributed by atoms with Crippen molar-refractivity contribution in [1.29, 1.82) is 0 Å². The van der Waals surface area contributed by atoms with Gasteiger partial charge in [-0.05, 0) is 79.7 Å². The zero-order valence-electron chi connectivity index (χ0n) is 29.5. The van der Waals surface area contributed by atoms with E-state index in [4.69, 9.17) is 9.47 Å². The number of amides is 2. The molecule has 5 rings (SSSR count). The van der Waals surface area contributed by atoms with Crippen LogP contribution in [0.5, 0.6) is 17.2 Å². The molecule has 0 radical (unpaired) electrons. The van der Waals surface area contributed by atoms with Crippen molar-refractivity contribution in [2.75, 3.05) is 32.1 Å². The summed E-state index contributed by atoms with van der Waals surface area (Å²) in [7, 11) is 1.84. The largest absolute Gasteiger partial charge is 0.486 e. The number of nitrogens with one attached hydrogen (secondary N) is 1. The van der Waals surface area contributed by atoms with Crippen LogP contribution in [0.25, 0.3) is 0 Å². The van der Waals surface area contributed by atoms with Gasteiger partial charge in [0.1, 0.15) is 11.9 Å². The second-order valence-electron chi connectivity index (χ2n) is 13.3. The number of hydrogen-bond acceptors (Lipinski definition) is 6. The summed E-state index contributed by atoms with van der Waals surface area (Å²) in [5, 5.41) is 12.5. The number of aliphatic hydroxyl groups excluding tert-OH is 1. The van der Waals surface area contributed by atoms with Crippen LogP contribution in [-0.2, 0) is 30.1 Å². The molecule has 0 fully saturated rings. The van der Waals surface area contributed by atoms with E-state index in [1.807, 2.05) is 31.0 Å². The fraction of sp³-hybridized carbons (Fsp3) is 0.333. The Hall–Kier alpha value is -5.15. The molecule has 2 N–H and O–H groups in total. The molecule has 2 amide bonds. The van der Waals surface area contributed by atoms with Crippen molar-refractivity contribution in [1.82, 2.24) is 9.80 Å². The van der Waals surface area contributed by atoms with Crippen molar-refractivity contribution < 1.29 is 54.9 Å². The summed E-state index contributed by atoms with van der Waals surface area (Å²) in [6.07, 6.45) is -11.6. The van der Waals surface area contributed by atoms with E-state index < -0.39 is 65.2 Å². The Morgan fingerprint density at radius 3 is 2.22 bits per heavy atom. The Balaban J connectivity index is 1.38. The standard InChI is InChI=1S/C39H38F7N3O5/c1-23-19-49(24(2)22-50)37(52)30-7-6-9-32(47-35(51)17-26-15-27(38(41,42)43)18-28(16-26)39(44,45)46)36(30)54-34(23)21-48(3)20-25-11-13-29(14-12-25)53-33-10-5-4-8-31(33)40/h4-16,18,23-24,34,50H,17,19-22H2,1-3H3,(H,47,51)/t23-,24+,34-/m1/s1. The molecule has 4 aromatic carbocycles. The smallest absolute Gasteiger partial charge is 0.416 e. The third kappa shape index (κ3) is 9.88. The third-order valence-corrected chi connectivity index (χ3v) is 8.91. The molecule has 0 saturated heterocycles. The minimum atomic E-state index is -5.09. The van der Waals surface area contributed by atoms with Crippen LogP contribution in [0, 0.1) is 11.7 Å². The van der Waals surface area contributed by atoms with E-state index in [0.717, 1.165) is 5.56 Å². The Labute approximate surface area is 307 Å². The van der Waals surface area contributed by atoms with E-state index in [-0.39, 0.29) is 47.9 Å². The minimum absolute atomic E-state index is 0.0160. The number of anilines is 1. The van der Waals surface area contributed by atoms with Gasteiger partial charge in [0.15, 0.2) is 17.3 Å². The van der Waals surface area contributed by atoms with Crippen LogP contribution in [0.15, 0.2) is 84.9 Å². The van der Waals surface area contributed by atoms with E-state index in [1.54, 1.807) is 31.2 Å². The lowest BCUT2D eigenvalue weighted by molar-refractivity contribution is -0.143. The minimum Gasteiger partial charge on any atom is -0.486 e. The Morgan fingerprint density at radius 2 is 1.61 bits per heavy atom. The highest BCUT2D eigenvalue weighted by atomic mass is 19.4. The molecule has 0 bridgehead atoms. The maximum atomic E-state index is 14.0. The lowest BCUT2D eigenvalue weighted by atomic mass is 9.98. The molecule has 15 heteroatoms. The number of alkyl halides is 6. The zero-order valence-corrected chi connectivity index (χ0v) is 29.5. The summed E-state index contributed by atoms with van der Waals surface area (Å²) in [5.74, 6) is -1.79. The Bertz CT molecular complexity index is 1920. The first kappa shape index (κ1) is 40.0. The summed E-state index contributed by atoms with van der Waals surface area (Å²) < 4.78 is 107. The van der Waals surface area contributed by atoms with Crippen molar-refractivity contribution in [3.05, 3.63) is 119 Å². The number of hydrogen-bond donors (Lipinski definition) is 2. The summed E-state index contributed by atoms with van der Waals surface area (Å²) in [4.78, 5) is 30.5. The van der Waals surface area contributed by atoms with Gasteiger partial charge in [0, 0.05) is 25.6 Å². The number of rotatable bonds is 11. The van der Waals surface area contributed by atoms with Gasteiger partial charge in [0.25, 0.3) is 5.91 Å². The van der Waals surface area contributed by atoms with Gasteiger partial charge in [-0.1, -0.05) is 37.3 Å². The number of carbonyl (C=O) groups excluding carboxylic acids is 2. The van der Waals surface area contributed by atoms with Crippen molar-refractivity contribution in [2.24, 2.45) is 5.92 Å². The molecular formula is C39H38F7N3O5. The van der Waals surface area contributed by atoms with Gasteiger partial charge in [0.05, 0.1) is 41.4 Å². The average Bonchev–Trinajstić information content (AvgIpc) is 3.10. The number of likely N-dealkylation sites (N-methyl/N-ethyl adjacent to an activating group) is 1. The molecule has 3 atom stereocenters. The van der Waals surface area contributed by atoms with Crippen molar-refractivity contribution in [3.63, 3.8) is 0 Å². The van der Waals surface area contributed by atoms with Crippen LogP contribution in [-0.4, -0.2) is 65.6 Å². The van der Waals surface area contributed by atoms with Crippen LogP contribution in [0.3, 0.4) is 0 Å². The normalized spacial score (nSPS) is 17.0. The van der Waals surface area contributed by atoms with Crippen molar-refractivity contribution in [2.45, 2.75) is 51.3 Å². The predicted octanol–water partition coefficient (Wildman–Crippen LogP) is 8.19. The summed E-state index contributed by atoms with van der Waals surface area (Å²) in [6.45, 7) is 4.12. The topological polar surface area (TPSA) is 91.3 Å². The molecule has 0 saturated carbocycles. The summed E-state index contributed by atoms with van der Waals surface area (Å²) in [5.41, 5.74) is -2.71. The molecule has 8 nitrogen and oxygen atoms in total. The fourth-order valence-corrected chi connectivity index (χ4v) is 6.06. The molecule has 1 aliphatic rings. The highest BCUT2D eigenvalue weighted by molar-refractivity contribution is 6.02. The van der Waals surface area contributed by atoms with Gasteiger partial charge in [-0.25, -0.2) is 4.39 Å². The second kappa shape index (κ2) is 16.5. The molecule has 0 aliphatic carbocycles. The molecular weight excluding hydrogens is 723 g/mol. The summed E-state index contributed by atoms with van der Waals surface area (Å²) in [6, 6.07) is 17.8. The molecule has 1 heterocycles. The first-order valence-electron chi connectivity index (χ1n) is 16.9. The number of nitrogens with zero attached hydrogens (tertiary/aromatic N) is 2. The monoisotopic (exact) mass is 761 g/mol. The number of fused-ring (bicyclic) bond motifs is 1. The number of halogens is 7. The van der Waals surface area contributed by atoms with Crippen LogP contribution in [0.1, 0.15) is 46.5 Å². The highest BCUT2D eigenvalue weighted by Gasteiger charge is 2.38. The number of benzene rings is 4. The first-order valence-corrected chi connectivity index (χ1v) is 16.9. The number of para-hydroxylation sites is 2. The molecule has 0 aromatic heterocycles. The molecule has 54 heavy (non-hydrogen) atoms. The van der Waals surface area contributed by atoms with Gasteiger partial charge in [-0.15, -0.1) is 0 Å². The number of carbonyl (C=O) groups is 2. The molecule has 288 valence electrons. The lowest BCUT2D eigenvalue weighted by Gasteiger charge is -2.38. The Kier molecular flexibility index (Phi) is 12.2. The first-order chi connectivity index (χ1) is 25.4. The van der Waals surface area contributed by atoms with Crippen LogP contribution < -0.4 is 14.8 Å². The molecule has 0 unspecified atom stereocenters. The van der Waals surface area contributed by atoms with E-state index in [9.17, 15) is 45.4 Å². The van der Waals surface area contributed by atoms with Crippen molar-refractivity contribution >= 4 is 17.5 Å². The second-order valence-corrected chi connectivity index (χ2v) is 13.3. The molecule has 1 aliphatic heterocycles. The van der Waals surface area contributed by atoms with E-state index in [0.29, 0.717) is 31.0 Å². The fourth-order valence-electron chi connectivity index (χ4n) is 6.06. The van der Waals surface area contributed by atoms with Crippen molar-refractivity contribution in [3.8, 4) is 17.2 Å². The van der Waals surface area contributed by atoms with Crippen LogP contribution in [0.4, 0.5) is 36.4 Å². The van der Waals surface area contributed by atoms with Gasteiger partial charge in [-0.2, -0.15) is 26.3 Å². The molecule has 4 aromatic rings. The summed E-state index contributed by atoms with van der Waals surface area (Å²) >= 11 is 0. The third-order valence-electron chi connectivity index (χ3n) is 8.91. The maximum Gasteiger partial charge on any atom is 0.416 e. The number of aliphatic hydroxyl groups is 1. The van der Waals surface area contributed by atoms with Gasteiger partial charge in [0.2, 0.25) is 5.91 Å². The van der Waals surface area contributed by atoms with E-state index >= 15 is 0 Å². The number of ether oxygens (including phenoxy) is 2. The zero-order chi connectivity index (χ0) is 39.4. The lowest BCUT2D eigenvalue weighted by Crippen LogP contribution is -2.49. The van der Waals surface area contributed by atoms with E-state index in [2.05, 4.69) is 5.32 Å².